The van der Waals surface area contributed by atoms with Gasteiger partial charge in [0.15, 0.2) is 0 Å². The molecule has 0 radical (unpaired) electrons. The molecule has 1 amide bonds. The molecule has 0 saturated carbocycles. The van der Waals surface area contributed by atoms with Gasteiger partial charge in [-0.05, 0) is 68.4 Å². The highest BCUT2D eigenvalue weighted by molar-refractivity contribution is 7.89. The average Bonchev–Trinajstić information content (AvgIpc) is 2.66. The molecule has 5 nitrogen and oxygen atoms in total. The first-order valence-electron chi connectivity index (χ1n) is 9.83. The molecule has 150 valence electrons. The van der Waals surface area contributed by atoms with E-state index in [1.807, 2.05) is 12.1 Å². The number of carbonyl (C=O) groups excluding carboxylic acids is 1. The highest BCUT2D eigenvalue weighted by Crippen LogP contribution is 2.29. The molecule has 2 aromatic carbocycles. The van der Waals surface area contributed by atoms with Crippen LogP contribution in [0.25, 0.3) is 0 Å². The predicted octanol–water partition coefficient (Wildman–Crippen LogP) is 3.50. The second-order valence-electron chi connectivity index (χ2n) is 7.63. The number of sulfonamides is 1. The zero-order chi connectivity index (χ0) is 20.1. The van der Waals surface area contributed by atoms with Crippen molar-refractivity contribution in [3.8, 4) is 0 Å². The third-order valence-corrected chi connectivity index (χ3v) is 6.64. The van der Waals surface area contributed by atoms with Crippen LogP contribution in [-0.4, -0.2) is 20.4 Å². The van der Waals surface area contributed by atoms with Crippen LogP contribution >= 0.6 is 0 Å². The van der Waals surface area contributed by atoms with Gasteiger partial charge in [-0.25, -0.2) is 13.1 Å². The van der Waals surface area contributed by atoms with Crippen molar-refractivity contribution in [1.29, 1.82) is 0 Å². The van der Waals surface area contributed by atoms with Crippen LogP contribution in [0.5, 0.6) is 0 Å². The van der Waals surface area contributed by atoms with Crippen molar-refractivity contribution in [3.05, 3.63) is 65.2 Å². The topological polar surface area (TPSA) is 75.3 Å². The highest BCUT2D eigenvalue weighted by Gasteiger charge is 2.21. The van der Waals surface area contributed by atoms with Gasteiger partial charge in [0, 0.05) is 12.5 Å². The molecule has 0 bridgehead atoms. The van der Waals surface area contributed by atoms with E-state index in [9.17, 15) is 13.2 Å². The van der Waals surface area contributed by atoms with Crippen LogP contribution in [-0.2, 0) is 27.7 Å². The molecule has 0 aromatic heterocycles. The van der Waals surface area contributed by atoms with E-state index in [4.69, 9.17) is 0 Å². The van der Waals surface area contributed by atoms with Crippen LogP contribution in [0.1, 0.15) is 55.8 Å². The standard InChI is InChI=1S/C22H28N2O3S/c1-16(2)24-28(26,27)19-13-10-17(11-14-19)12-15-22(25)23-21-9-5-7-18-6-3-4-8-20(18)21/h3-4,6,8,10-11,13-14,16,21,24H,5,7,9,12,15H2,1-2H3,(H,23,25)/t21-/m1/s1. The minimum atomic E-state index is -3.48. The molecular weight excluding hydrogens is 372 g/mol. The Morgan fingerprint density at radius 1 is 1.11 bits per heavy atom. The molecule has 0 heterocycles. The van der Waals surface area contributed by atoms with Crippen molar-refractivity contribution >= 4 is 15.9 Å². The largest absolute Gasteiger partial charge is 0.349 e. The van der Waals surface area contributed by atoms with E-state index in [-0.39, 0.29) is 22.9 Å². The fraction of sp³-hybridized carbons (Fsp3) is 0.409. The molecule has 28 heavy (non-hydrogen) atoms. The Balaban J connectivity index is 1.56. The van der Waals surface area contributed by atoms with Crippen molar-refractivity contribution < 1.29 is 13.2 Å². The van der Waals surface area contributed by atoms with E-state index in [1.165, 1.54) is 11.1 Å². The SMILES string of the molecule is CC(C)NS(=O)(=O)c1ccc(CCC(=O)N[C@@H]2CCCc3ccccc32)cc1. The van der Waals surface area contributed by atoms with E-state index < -0.39 is 10.0 Å². The summed E-state index contributed by atoms with van der Waals surface area (Å²) in [6, 6.07) is 15.0. The Morgan fingerprint density at radius 2 is 1.82 bits per heavy atom. The first-order chi connectivity index (χ1) is 13.3. The van der Waals surface area contributed by atoms with Crippen molar-refractivity contribution in [2.75, 3.05) is 0 Å². The third kappa shape index (κ3) is 5.20. The molecule has 6 heteroatoms. The summed E-state index contributed by atoms with van der Waals surface area (Å²) in [5.74, 6) is 0.0277. The number of hydrogen-bond acceptors (Lipinski definition) is 3. The number of aryl methyl sites for hydroxylation is 2. The summed E-state index contributed by atoms with van der Waals surface area (Å²) in [4.78, 5) is 12.7. The van der Waals surface area contributed by atoms with Crippen molar-refractivity contribution in [2.24, 2.45) is 0 Å². The maximum atomic E-state index is 12.4. The lowest BCUT2D eigenvalue weighted by Gasteiger charge is -2.26. The Morgan fingerprint density at radius 3 is 2.54 bits per heavy atom. The summed E-state index contributed by atoms with van der Waals surface area (Å²) in [6.45, 7) is 3.57. The minimum Gasteiger partial charge on any atom is -0.349 e. The smallest absolute Gasteiger partial charge is 0.240 e. The van der Waals surface area contributed by atoms with Gasteiger partial charge in [-0.2, -0.15) is 0 Å². The molecule has 0 spiro atoms. The fourth-order valence-electron chi connectivity index (χ4n) is 3.64. The molecule has 0 unspecified atom stereocenters. The first-order valence-corrected chi connectivity index (χ1v) is 11.3. The number of benzene rings is 2. The summed E-state index contributed by atoms with van der Waals surface area (Å²) in [6.07, 6.45) is 4.09. The van der Waals surface area contributed by atoms with E-state index in [0.29, 0.717) is 12.8 Å². The van der Waals surface area contributed by atoms with Gasteiger partial charge in [-0.15, -0.1) is 0 Å². The second-order valence-corrected chi connectivity index (χ2v) is 9.35. The minimum absolute atomic E-state index is 0.0277. The van der Waals surface area contributed by atoms with Crippen LogP contribution in [0, 0.1) is 0 Å². The van der Waals surface area contributed by atoms with E-state index >= 15 is 0 Å². The average molecular weight is 401 g/mol. The summed E-state index contributed by atoms with van der Waals surface area (Å²) in [7, 11) is -3.48. The predicted molar refractivity (Wildman–Crippen MR) is 110 cm³/mol. The van der Waals surface area contributed by atoms with Gasteiger partial charge in [0.1, 0.15) is 0 Å². The van der Waals surface area contributed by atoms with Gasteiger partial charge in [0.25, 0.3) is 0 Å². The van der Waals surface area contributed by atoms with E-state index in [2.05, 4.69) is 22.2 Å². The number of hydrogen-bond donors (Lipinski definition) is 2. The Bertz CT molecular complexity index is 921. The Hall–Kier alpha value is -2.18. The van der Waals surface area contributed by atoms with Crippen LogP contribution in [0.3, 0.4) is 0 Å². The molecule has 0 saturated heterocycles. The lowest BCUT2D eigenvalue weighted by molar-refractivity contribution is -0.121. The van der Waals surface area contributed by atoms with Gasteiger partial charge in [-0.3, -0.25) is 4.79 Å². The van der Waals surface area contributed by atoms with Gasteiger partial charge >= 0.3 is 0 Å². The van der Waals surface area contributed by atoms with E-state index in [0.717, 1.165) is 24.8 Å². The number of fused-ring (bicyclic) bond motifs is 1. The molecule has 2 N–H and O–H groups in total. The molecule has 0 aliphatic heterocycles. The number of carbonyl (C=O) groups is 1. The summed E-state index contributed by atoms with van der Waals surface area (Å²) in [5, 5.41) is 3.16. The van der Waals surface area contributed by atoms with Gasteiger partial charge in [-0.1, -0.05) is 36.4 Å². The second kappa shape index (κ2) is 8.88. The van der Waals surface area contributed by atoms with Crippen molar-refractivity contribution in [1.82, 2.24) is 10.0 Å². The van der Waals surface area contributed by atoms with Crippen molar-refractivity contribution in [3.63, 3.8) is 0 Å². The number of nitrogens with one attached hydrogen (secondary N) is 2. The highest BCUT2D eigenvalue weighted by atomic mass is 32.2. The molecule has 1 atom stereocenters. The van der Waals surface area contributed by atoms with Gasteiger partial charge in [0.2, 0.25) is 15.9 Å². The van der Waals surface area contributed by atoms with Crippen LogP contribution < -0.4 is 10.0 Å². The maximum absolute atomic E-state index is 12.4. The molecule has 1 aliphatic carbocycles. The number of amides is 1. The van der Waals surface area contributed by atoms with Crippen LogP contribution in [0.2, 0.25) is 0 Å². The quantitative estimate of drug-likeness (QED) is 0.747. The Labute approximate surface area is 167 Å². The first kappa shape index (κ1) is 20.6. The summed E-state index contributed by atoms with van der Waals surface area (Å²) < 4.78 is 26.9. The zero-order valence-corrected chi connectivity index (χ0v) is 17.3. The zero-order valence-electron chi connectivity index (χ0n) is 16.4. The lowest BCUT2D eigenvalue weighted by Crippen LogP contribution is -2.31. The van der Waals surface area contributed by atoms with Gasteiger partial charge in [0.05, 0.1) is 10.9 Å². The molecular formula is C22H28N2O3S. The van der Waals surface area contributed by atoms with Crippen molar-refractivity contribution in [2.45, 2.75) is 62.9 Å². The fourth-order valence-corrected chi connectivity index (χ4v) is 4.89. The third-order valence-electron chi connectivity index (χ3n) is 4.97. The van der Waals surface area contributed by atoms with E-state index in [1.54, 1.807) is 38.1 Å². The Kier molecular flexibility index (Phi) is 6.52. The van der Waals surface area contributed by atoms with Crippen LogP contribution in [0.15, 0.2) is 53.4 Å². The molecule has 2 aromatic rings. The number of rotatable bonds is 7. The monoisotopic (exact) mass is 400 g/mol. The lowest BCUT2D eigenvalue weighted by atomic mass is 9.87. The molecule has 0 fully saturated rings. The van der Waals surface area contributed by atoms with Crippen LogP contribution in [0.4, 0.5) is 0 Å². The summed E-state index contributed by atoms with van der Waals surface area (Å²) in [5.41, 5.74) is 3.50. The normalized spacial score (nSPS) is 16.6. The summed E-state index contributed by atoms with van der Waals surface area (Å²) >= 11 is 0. The molecule has 1 aliphatic rings. The maximum Gasteiger partial charge on any atom is 0.240 e. The molecule has 3 rings (SSSR count). The van der Waals surface area contributed by atoms with Gasteiger partial charge < -0.3 is 5.32 Å².